The predicted molar refractivity (Wildman–Crippen MR) is 72.0 cm³/mol. The van der Waals surface area contributed by atoms with Gasteiger partial charge in [0.2, 0.25) is 0 Å². The second-order valence-electron chi connectivity index (χ2n) is 3.88. The van der Waals surface area contributed by atoms with Crippen LogP contribution in [0.15, 0.2) is 0 Å². The Hall–Kier alpha value is -0.0800. The van der Waals surface area contributed by atoms with Crippen LogP contribution in [-0.4, -0.2) is 27.4 Å². The largest absolute Gasteiger partial charge is 0.385 e. The normalized spacial score (nSPS) is 16.9. The van der Waals surface area contributed by atoms with Gasteiger partial charge in [-0.25, -0.2) is 0 Å². The van der Waals surface area contributed by atoms with E-state index < -0.39 is 0 Å². The monoisotopic (exact) mass is 232 g/mol. The third-order valence-corrected chi connectivity index (χ3v) is 2.95. The molecule has 0 aromatic rings. The Balaban J connectivity index is 0. The summed E-state index contributed by atoms with van der Waals surface area (Å²) in [7, 11) is 3.57. The second kappa shape index (κ2) is 13.0. The lowest BCUT2D eigenvalue weighted by molar-refractivity contribution is 0.0523. The Kier molecular flexibility index (Phi) is 14.8. The summed E-state index contributed by atoms with van der Waals surface area (Å²) in [5.41, 5.74) is 0.449. The first-order valence-corrected chi connectivity index (χ1v) is 6.81. The fraction of sp³-hybridized carbons (Fsp3) is 1.00. The lowest BCUT2D eigenvalue weighted by Gasteiger charge is -2.27. The Bertz CT molecular complexity index is 118. The van der Waals surface area contributed by atoms with Crippen LogP contribution in [0.1, 0.15) is 59.8 Å². The van der Waals surface area contributed by atoms with Crippen molar-refractivity contribution in [2.24, 2.45) is 5.41 Å². The molecule has 0 N–H and O–H groups in total. The highest BCUT2D eigenvalue weighted by Crippen LogP contribution is 2.41. The summed E-state index contributed by atoms with van der Waals surface area (Å²) < 4.78 is 10.4. The van der Waals surface area contributed by atoms with Crippen LogP contribution < -0.4 is 0 Å². The molecule has 0 bridgehead atoms. The van der Waals surface area contributed by atoms with Crippen LogP contribution in [0.5, 0.6) is 0 Å². The molecule has 0 aromatic carbocycles. The molecule has 1 aliphatic rings. The number of ether oxygens (including phenoxy) is 2. The first-order valence-electron chi connectivity index (χ1n) is 6.81. The molecule has 1 rings (SSSR count). The van der Waals surface area contributed by atoms with E-state index in [1.165, 1.54) is 25.7 Å². The summed E-state index contributed by atoms with van der Waals surface area (Å²) in [4.78, 5) is 0. The summed E-state index contributed by atoms with van der Waals surface area (Å²) in [6, 6.07) is 0. The molecule has 2 heteroatoms. The minimum absolute atomic E-state index is 0.449. The molecule has 16 heavy (non-hydrogen) atoms. The number of methoxy groups -OCH3 is 2. The van der Waals surface area contributed by atoms with Crippen LogP contribution in [0.4, 0.5) is 0 Å². The summed E-state index contributed by atoms with van der Waals surface area (Å²) >= 11 is 0. The van der Waals surface area contributed by atoms with Crippen LogP contribution in [0.25, 0.3) is 0 Å². The lowest BCUT2D eigenvalue weighted by atomic mass is 9.84. The molecule has 1 fully saturated rings. The first-order chi connectivity index (χ1) is 7.83. The van der Waals surface area contributed by atoms with E-state index in [4.69, 9.17) is 9.47 Å². The smallest absolute Gasteiger partial charge is 0.0519 e. The SMILES string of the molecule is CC.CC.COCCC1(COC)CCCC1. The maximum atomic E-state index is 5.27. The molecule has 1 saturated carbocycles. The number of hydrogen-bond donors (Lipinski definition) is 0. The summed E-state index contributed by atoms with van der Waals surface area (Å²) in [6.45, 7) is 9.79. The molecule has 100 valence electrons. The van der Waals surface area contributed by atoms with E-state index in [-0.39, 0.29) is 0 Å². The Morgan fingerprint density at radius 1 is 0.875 bits per heavy atom. The minimum atomic E-state index is 0.449. The molecule has 0 aliphatic heterocycles. The molecular weight excluding hydrogens is 200 g/mol. The molecule has 0 radical (unpaired) electrons. The van der Waals surface area contributed by atoms with E-state index in [9.17, 15) is 0 Å². The van der Waals surface area contributed by atoms with Gasteiger partial charge in [0.1, 0.15) is 0 Å². The first kappa shape index (κ1) is 18.3. The lowest BCUT2D eigenvalue weighted by Crippen LogP contribution is -2.24. The van der Waals surface area contributed by atoms with Gasteiger partial charge in [-0.15, -0.1) is 0 Å². The van der Waals surface area contributed by atoms with Gasteiger partial charge >= 0.3 is 0 Å². The van der Waals surface area contributed by atoms with Gasteiger partial charge in [0.15, 0.2) is 0 Å². The Morgan fingerprint density at radius 3 is 1.75 bits per heavy atom. The van der Waals surface area contributed by atoms with E-state index >= 15 is 0 Å². The molecule has 0 atom stereocenters. The van der Waals surface area contributed by atoms with Gasteiger partial charge < -0.3 is 9.47 Å². The highest BCUT2D eigenvalue weighted by molar-refractivity contribution is 4.84. The minimum Gasteiger partial charge on any atom is -0.385 e. The van der Waals surface area contributed by atoms with Gasteiger partial charge in [-0.05, 0) is 24.7 Å². The fourth-order valence-corrected chi connectivity index (χ4v) is 2.22. The van der Waals surface area contributed by atoms with E-state index in [0.29, 0.717) is 5.41 Å². The molecule has 0 heterocycles. The highest BCUT2D eigenvalue weighted by atomic mass is 16.5. The van der Waals surface area contributed by atoms with Gasteiger partial charge in [0.05, 0.1) is 6.61 Å². The van der Waals surface area contributed by atoms with Crippen molar-refractivity contribution in [1.29, 1.82) is 0 Å². The van der Waals surface area contributed by atoms with Crippen molar-refractivity contribution in [3.05, 3.63) is 0 Å². The molecule has 0 unspecified atom stereocenters. The summed E-state index contributed by atoms with van der Waals surface area (Å²) in [5, 5.41) is 0. The zero-order valence-corrected chi connectivity index (χ0v) is 12.3. The molecule has 0 amide bonds. The van der Waals surface area contributed by atoms with E-state index in [1.54, 1.807) is 14.2 Å². The molecule has 0 aromatic heterocycles. The zero-order valence-electron chi connectivity index (χ0n) is 12.3. The maximum Gasteiger partial charge on any atom is 0.0519 e. The van der Waals surface area contributed by atoms with Gasteiger partial charge in [0, 0.05) is 20.8 Å². The maximum absolute atomic E-state index is 5.27. The van der Waals surface area contributed by atoms with Gasteiger partial charge in [-0.3, -0.25) is 0 Å². The van der Waals surface area contributed by atoms with E-state index in [0.717, 1.165) is 19.6 Å². The zero-order chi connectivity index (χ0) is 12.9. The van der Waals surface area contributed by atoms with Crippen molar-refractivity contribution < 1.29 is 9.47 Å². The van der Waals surface area contributed by atoms with Crippen LogP contribution in [0.2, 0.25) is 0 Å². The molecule has 0 spiro atoms. The van der Waals surface area contributed by atoms with Crippen LogP contribution in [0, 0.1) is 5.41 Å². The second-order valence-corrected chi connectivity index (χ2v) is 3.88. The quantitative estimate of drug-likeness (QED) is 0.704. The van der Waals surface area contributed by atoms with Crippen molar-refractivity contribution >= 4 is 0 Å². The topological polar surface area (TPSA) is 18.5 Å². The van der Waals surface area contributed by atoms with E-state index in [2.05, 4.69) is 0 Å². The molecular formula is C14H32O2. The van der Waals surface area contributed by atoms with Crippen LogP contribution in [-0.2, 0) is 9.47 Å². The number of hydrogen-bond acceptors (Lipinski definition) is 2. The third-order valence-electron chi connectivity index (χ3n) is 2.95. The van der Waals surface area contributed by atoms with Crippen molar-refractivity contribution in [2.75, 3.05) is 27.4 Å². The van der Waals surface area contributed by atoms with Crippen molar-refractivity contribution in [2.45, 2.75) is 59.8 Å². The van der Waals surface area contributed by atoms with Crippen molar-refractivity contribution in [3.8, 4) is 0 Å². The van der Waals surface area contributed by atoms with Gasteiger partial charge in [-0.2, -0.15) is 0 Å². The fourth-order valence-electron chi connectivity index (χ4n) is 2.22. The standard InChI is InChI=1S/C10H20O2.2C2H6/c1-11-8-7-10(9-12-2)5-3-4-6-10;2*1-2/h3-9H2,1-2H3;2*1-2H3. The van der Waals surface area contributed by atoms with Gasteiger partial charge in [0.25, 0.3) is 0 Å². The number of rotatable bonds is 5. The van der Waals surface area contributed by atoms with Crippen LogP contribution >= 0.6 is 0 Å². The molecule has 1 aliphatic carbocycles. The summed E-state index contributed by atoms with van der Waals surface area (Å²) in [6.07, 6.45) is 6.55. The third kappa shape index (κ3) is 7.24. The Labute approximate surface area is 103 Å². The van der Waals surface area contributed by atoms with Crippen molar-refractivity contribution in [3.63, 3.8) is 0 Å². The molecule has 0 saturated heterocycles. The predicted octanol–water partition coefficient (Wildman–Crippen LogP) is 4.28. The average Bonchev–Trinajstić information content (AvgIpc) is 2.81. The van der Waals surface area contributed by atoms with Crippen molar-refractivity contribution in [1.82, 2.24) is 0 Å². The van der Waals surface area contributed by atoms with E-state index in [1.807, 2.05) is 27.7 Å². The summed E-state index contributed by atoms with van der Waals surface area (Å²) in [5.74, 6) is 0. The average molecular weight is 232 g/mol. The van der Waals surface area contributed by atoms with Crippen LogP contribution in [0.3, 0.4) is 0 Å². The highest BCUT2D eigenvalue weighted by Gasteiger charge is 2.33. The Morgan fingerprint density at radius 2 is 1.38 bits per heavy atom. The van der Waals surface area contributed by atoms with Gasteiger partial charge in [-0.1, -0.05) is 40.5 Å². The molecule has 2 nitrogen and oxygen atoms in total.